The monoisotopic (exact) mass is 379 g/mol. The fourth-order valence-corrected chi connectivity index (χ4v) is 4.77. The number of fused-ring (bicyclic) bond motifs is 1. The summed E-state index contributed by atoms with van der Waals surface area (Å²) in [6.07, 6.45) is 7.07. The molecule has 0 atom stereocenters. The largest absolute Gasteiger partial charge is 0.465 e. The minimum atomic E-state index is -0.789. The van der Waals surface area contributed by atoms with Gasteiger partial charge in [-0.1, -0.05) is 12.8 Å². The molecule has 0 radical (unpaired) electrons. The highest BCUT2D eigenvalue weighted by Crippen LogP contribution is 2.41. The third kappa shape index (κ3) is 3.05. The molecule has 1 aromatic heterocycles. The maximum Gasteiger partial charge on any atom is 0.337 e. The predicted molar refractivity (Wildman–Crippen MR) is 105 cm³/mol. The maximum atomic E-state index is 13.0. The van der Waals surface area contributed by atoms with Crippen molar-refractivity contribution in [1.82, 2.24) is 9.88 Å². The molecule has 1 amide bonds. The second-order valence-electron chi connectivity index (χ2n) is 7.96. The molecule has 0 bridgehead atoms. The fraction of sp³-hybridized carbons (Fsp3) is 0.500. The molecule has 2 aliphatic rings. The van der Waals surface area contributed by atoms with Crippen LogP contribution in [0.4, 0.5) is 0 Å². The Hall–Kier alpha value is -2.81. The average molecular weight is 379 g/mol. The molecule has 6 heteroatoms. The number of amides is 1. The number of ether oxygens (including phenoxy) is 1. The Morgan fingerprint density at radius 3 is 2.61 bits per heavy atom. The van der Waals surface area contributed by atoms with E-state index in [0.717, 1.165) is 36.6 Å². The molecule has 146 valence electrons. The fourth-order valence-electron chi connectivity index (χ4n) is 4.77. The number of nitrogens with one attached hydrogen (secondary N) is 1. The topological polar surface area (TPSA) is 86.2 Å². The molecule has 2 aromatic rings. The van der Waals surface area contributed by atoms with Crippen molar-refractivity contribution in [3.63, 3.8) is 0 Å². The number of rotatable bonds is 3. The molecule has 1 aliphatic carbocycles. The van der Waals surface area contributed by atoms with E-state index in [1.165, 1.54) is 12.7 Å². The summed E-state index contributed by atoms with van der Waals surface area (Å²) in [7, 11) is 1.38. The Labute approximate surface area is 164 Å². The average Bonchev–Trinajstić information content (AvgIpc) is 3.40. The van der Waals surface area contributed by atoms with E-state index < -0.39 is 5.41 Å². The van der Waals surface area contributed by atoms with Gasteiger partial charge in [0.15, 0.2) is 0 Å². The van der Waals surface area contributed by atoms with Crippen LogP contribution in [0, 0.1) is 16.7 Å². The molecule has 1 saturated heterocycles. The lowest BCUT2D eigenvalue weighted by molar-refractivity contribution is -0.139. The smallest absolute Gasteiger partial charge is 0.337 e. The van der Waals surface area contributed by atoms with E-state index in [0.29, 0.717) is 37.4 Å². The molecule has 1 aliphatic heterocycles. The normalized spacial score (nSPS) is 19.5. The van der Waals surface area contributed by atoms with Crippen LogP contribution in [0.1, 0.15) is 60.4 Å². The lowest BCUT2D eigenvalue weighted by Crippen LogP contribution is -2.45. The molecule has 28 heavy (non-hydrogen) atoms. The first-order valence-electron chi connectivity index (χ1n) is 9.98. The molecule has 1 N–H and O–H groups in total. The van der Waals surface area contributed by atoms with Crippen molar-refractivity contribution in [2.45, 2.75) is 44.4 Å². The van der Waals surface area contributed by atoms with Gasteiger partial charge in [0.25, 0.3) is 0 Å². The van der Waals surface area contributed by atoms with Crippen LogP contribution in [0.2, 0.25) is 0 Å². The number of methoxy groups -OCH3 is 1. The number of benzene rings is 1. The molecule has 4 rings (SSSR count). The summed E-state index contributed by atoms with van der Waals surface area (Å²) in [5, 5.41) is 10.6. The van der Waals surface area contributed by atoms with Crippen LogP contribution in [0.5, 0.6) is 0 Å². The van der Waals surface area contributed by atoms with Crippen molar-refractivity contribution in [2.75, 3.05) is 20.2 Å². The lowest BCUT2D eigenvalue weighted by Gasteiger charge is -2.35. The van der Waals surface area contributed by atoms with Gasteiger partial charge in [-0.05, 0) is 55.4 Å². The third-order valence-corrected chi connectivity index (χ3v) is 6.44. The molecule has 0 spiro atoms. The highest BCUT2D eigenvalue weighted by atomic mass is 16.5. The zero-order valence-electron chi connectivity index (χ0n) is 16.2. The minimum absolute atomic E-state index is 0.0258. The summed E-state index contributed by atoms with van der Waals surface area (Å²) in [6, 6.07) is 7.87. The summed E-state index contributed by atoms with van der Waals surface area (Å²) in [5.41, 5.74) is 1.93. The van der Waals surface area contributed by atoms with Gasteiger partial charge < -0.3 is 14.6 Å². The zero-order valence-corrected chi connectivity index (χ0v) is 16.2. The van der Waals surface area contributed by atoms with Crippen molar-refractivity contribution < 1.29 is 14.3 Å². The van der Waals surface area contributed by atoms with E-state index in [-0.39, 0.29) is 11.9 Å². The van der Waals surface area contributed by atoms with Crippen LogP contribution in [0.3, 0.4) is 0 Å². The first-order valence-corrected chi connectivity index (χ1v) is 9.98. The summed E-state index contributed by atoms with van der Waals surface area (Å²) in [6.45, 7) is 1.35. The van der Waals surface area contributed by atoms with Gasteiger partial charge in [-0.3, -0.25) is 4.79 Å². The van der Waals surface area contributed by atoms with Crippen molar-refractivity contribution in [1.29, 1.82) is 5.26 Å². The van der Waals surface area contributed by atoms with Gasteiger partial charge in [0.05, 0.1) is 18.7 Å². The Morgan fingerprint density at radius 1 is 1.25 bits per heavy atom. The third-order valence-electron chi connectivity index (χ3n) is 6.44. The van der Waals surface area contributed by atoms with Gasteiger partial charge in [0.1, 0.15) is 5.41 Å². The van der Waals surface area contributed by atoms with Crippen molar-refractivity contribution in [2.24, 2.45) is 5.41 Å². The van der Waals surface area contributed by atoms with Gasteiger partial charge in [-0.2, -0.15) is 5.26 Å². The van der Waals surface area contributed by atoms with E-state index in [4.69, 9.17) is 4.74 Å². The van der Waals surface area contributed by atoms with Gasteiger partial charge in [-0.15, -0.1) is 0 Å². The molecule has 1 aromatic carbocycles. The number of H-pyrrole nitrogens is 1. The number of piperidine rings is 1. The van der Waals surface area contributed by atoms with Gasteiger partial charge in [0, 0.05) is 30.2 Å². The summed E-state index contributed by atoms with van der Waals surface area (Å²) in [5.74, 6) is 0.0120. The number of hydrogen-bond donors (Lipinski definition) is 1. The van der Waals surface area contributed by atoms with E-state index >= 15 is 0 Å². The molecule has 2 fully saturated rings. The van der Waals surface area contributed by atoms with E-state index in [9.17, 15) is 14.9 Å². The van der Waals surface area contributed by atoms with Crippen molar-refractivity contribution >= 4 is 22.8 Å². The number of nitriles is 1. The van der Waals surface area contributed by atoms with E-state index in [1.807, 2.05) is 23.2 Å². The predicted octanol–water partition coefficient (Wildman–Crippen LogP) is 3.74. The Bertz CT molecular complexity index is 942. The van der Waals surface area contributed by atoms with Crippen molar-refractivity contribution in [3.8, 4) is 6.07 Å². The van der Waals surface area contributed by atoms with Crippen LogP contribution in [0.25, 0.3) is 10.9 Å². The van der Waals surface area contributed by atoms with Crippen LogP contribution >= 0.6 is 0 Å². The van der Waals surface area contributed by atoms with Crippen LogP contribution in [-0.2, 0) is 9.53 Å². The summed E-state index contributed by atoms with van der Waals surface area (Å²) < 4.78 is 4.84. The Kier molecular flexibility index (Phi) is 4.84. The van der Waals surface area contributed by atoms with Crippen LogP contribution in [0.15, 0.2) is 24.4 Å². The summed E-state index contributed by atoms with van der Waals surface area (Å²) in [4.78, 5) is 30.0. The Morgan fingerprint density at radius 2 is 1.96 bits per heavy atom. The molecule has 6 nitrogen and oxygen atoms in total. The quantitative estimate of drug-likeness (QED) is 0.823. The van der Waals surface area contributed by atoms with Gasteiger partial charge in [-0.25, -0.2) is 4.79 Å². The number of aromatic amines is 1. The SMILES string of the molecule is COC(=O)c1ccc2[nH]cc(C3CCN(C(=O)C4(C#N)CCCC4)CC3)c2c1. The molecule has 0 unspecified atom stereocenters. The van der Waals surface area contributed by atoms with Crippen molar-refractivity contribution in [3.05, 3.63) is 35.5 Å². The second-order valence-corrected chi connectivity index (χ2v) is 7.96. The number of nitrogens with zero attached hydrogens (tertiary/aromatic N) is 2. The first kappa shape index (κ1) is 18.5. The minimum Gasteiger partial charge on any atom is -0.465 e. The molecular formula is C22H25N3O3. The highest BCUT2D eigenvalue weighted by molar-refractivity contribution is 5.95. The highest BCUT2D eigenvalue weighted by Gasteiger charge is 2.44. The number of hydrogen-bond acceptors (Lipinski definition) is 4. The number of carbonyl (C=O) groups is 2. The maximum absolute atomic E-state index is 13.0. The summed E-state index contributed by atoms with van der Waals surface area (Å²) >= 11 is 0. The second kappa shape index (κ2) is 7.31. The van der Waals surface area contributed by atoms with Gasteiger partial charge >= 0.3 is 5.97 Å². The molecule has 2 heterocycles. The number of likely N-dealkylation sites (tertiary alicyclic amines) is 1. The Balaban J connectivity index is 1.50. The molecular weight excluding hydrogens is 354 g/mol. The van der Waals surface area contributed by atoms with Gasteiger partial charge in [0.2, 0.25) is 5.91 Å². The number of esters is 1. The van der Waals surface area contributed by atoms with Crippen LogP contribution < -0.4 is 0 Å². The number of aromatic nitrogens is 1. The zero-order chi connectivity index (χ0) is 19.7. The van der Waals surface area contributed by atoms with E-state index in [1.54, 1.807) is 6.07 Å². The first-order chi connectivity index (χ1) is 13.6. The number of carbonyl (C=O) groups excluding carboxylic acids is 2. The molecule has 1 saturated carbocycles. The van der Waals surface area contributed by atoms with E-state index in [2.05, 4.69) is 11.1 Å². The standard InChI is InChI=1S/C22H25N3O3/c1-28-20(26)16-4-5-19-17(12-16)18(13-24-19)15-6-10-25(11-7-15)21(27)22(14-23)8-2-3-9-22/h4-5,12-13,15,24H,2-3,6-11H2,1H3. The lowest BCUT2D eigenvalue weighted by atomic mass is 9.84. The van der Waals surface area contributed by atoms with Crippen LogP contribution in [-0.4, -0.2) is 42.0 Å².